The fourth-order valence-corrected chi connectivity index (χ4v) is 7.44. The van der Waals surface area contributed by atoms with Gasteiger partial charge in [-0.25, -0.2) is 0 Å². The lowest BCUT2D eigenvalue weighted by molar-refractivity contribution is 0.577. The van der Waals surface area contributed by atoms with Crippen LogP contribution in [-0.4, -0.2) is 0 Å². The van der Waals surface area contributed by atoms with Gasteiger partial charge in [0.25, 0.3) is 0 Å². The van der Waals surface area contributed by atoms with E-state index in [9.17, 15) is 0 Å². The zero-order chi connectivity index (χ0) is 20.1. The molecule has 0 bridgehead atoms. The zero-order valence-corrected chi connectivity index (χ0v) is 17.5. The van der Waals surface area contributed by atoms with Crippen molar-refractivity contribution in [2.24, 2.45) is 0 Å². The van der Waals surface area contributed by atoms with E-state index in [0.29, 0.717) is 0 Å². The van der Waals surface area contributed by atoms with Crippen molar-refractivity contribution in [1.82, 2.24) is 0 Å². The third-order valence-corrected chi connectivity index (χ3v) is 9.01. The monoisotopic (exact) mass is 396 g/mol. The normalized spacial score (nSPS) is 12.4. The Bertz CT molecular complexity index is 1060. The van der Waals surface area contributed by atoms with E-state index in [0.717, 1.165) is 22.6 Å². The first-order valence-electron chi connectivity index (χ1n) is 10.00. The summed E-state index contributed by atoms with van der Waals surface area (Å²) in [4.78, 5) is 0. The fraction of sp³-hybridized carbons (Fsp3) is 0.111. The minimum Gasteiger partial charge on any atom is -0.313 e. The highest BCUT2D eigenvalue weighted by Crippen LogP contribution is 2.58. The molecule has 1 nitrogen and oxygen atoms in total. The van der Waals surface area contributed by atoms with E-state index in [1.807, 2.05) is 72.8 Å². The molecule has 0 heterocycles. The molecule has 0 aliphatic rings. The molecule has 1 unspecified atom stereocenters. The van der Waals surface area contributed by atoms with Crippen LogP contribution in [0.1, 0.15) is 22.3 Å². The predicted molar refractivity (Wildman–Crippen MR) is 124 cm³/mol. The highest BCUT2D eigenvalue weighted by Gasteiger charge is 2.38. The number of hydrogen-bond acceptors (Lipinski definition) is 1. The van der Waals surface area contributed by atoms with Gasteiger partial charge in [0.15, 0.2) is 7.14 Å². The second-order valence-electron chi connectivity index (χ2n) is 7.39. The van der Waals surface area contributed by atoms with E-state index in [1.54, 1.807) is 0 Å². The first-order valence-corrected chi connectivity index (χ1v) is 11.8. The summed E-state index contributed by atoms with van der Waals surface area (Å²) in [6.07, 6.45) is 0.729. The van der Waals surface area contributed by atoms with Crippen LogP contribution in [0.4, 0.5) is 0 Å². The van der Waals surface area contributed by atoms with Crippen molar-refractivity contribution in [3.63, 3.8) is 0 Å². The van der Waals surface area contributed by atoms with Crippen LogP contribution in [0.25, 0.3) is 0 Å². The van der Waals surface area contributed by atoms with Gasteiger partial charge in [-0.15, -0.1) is 0 Å². The van der Waals surface area contributed by atoms with Crippen molar-refractivity contribution in [2.45, 2.75) is 19.0 Å². The summed E-state index contributed by atoms with van der Waals surface area (Å²) in [6.45, 7) is 2.12. The Morgan fingerprint density at radius 2 is 1.07 bits per heavy atom. The van der Waals surface area contributed by atoms with E-state index >= 15 is 4.57 Å². The van der Waals surface area contributed by atoms with Crippen LogP contribution in [0.2, 0.25) is 0 Å². The molecule has 29 heavy (non-hydrogen) atoms. The van der Waals surface area contributed by atoms with Gasteiger partial charge in [0.05, 0.1) is 0 Å². The van der Waals surface area contributed by atoms with Gasteiger partial charge in [-0.05, 0) is 30.0 Å². The van der Waals surface area contributed by atoms with Gasteiger partial charge in [0.1, 0.15) is 0 Å². The van der Waals surface area contributed by atoms with Crippen molar-refractivity contribution < 1.29 is 4.57 Å². The molecule has 144 valence electrons. The Morgan fingerprint density at radius 3 is 1.59 bits per heavy atom. The Labute approximate surface area is 173 Å². The molecule has 4 rings (SSSR count). The molecular formula is C27H25OP. The van der Waals surface area contributed by atoms with Gasteiger partial charge in [-0.3, -0.25) is 0 Å². The third-order valence-electron chi connectivity index (χ3n) is 5.54. The SMILES string of the molecule is Cc1ccccc1C(Cc1ccccc1)P(=O)(c1ccccc1)c1ccccc1. The van der Waals surface area contributed by atoms with E-state index in [-0.39, 0.29) is 5.66 Å². The molecule has 0 amide bonds. The van der Waals surface area contributed by atoms with E-state index in [2.05, 4.69) is 49.4 Å². The first kappa shape index (κ1) is 19.4. The van der Waals surface area contributed by atoms with Crippen LogP contribution < -0.4 is 10.6 Å². The minimum atomic E-state index is -2.95. The molecule has 0 aliphatic carbocycles. The highest BCUT2D eigenvalue weighted by molar-refractivity contribution is 7.79. The molecule has 0 saturated carbocycles. The molecule has 0 radical (unpaired) electrons. The van der Waals surface area contributed by atoms with Gasteiger partial charge in [-0.1, -0.05) is 115 Å². The van der Waals surface area contributed by atoms with Gasteiger partial charge in [0, 0.05) is 16.3 Å². The second kappa shape index (κ2) is 8.64. The smallest absolute Gasteiger partial charge is 0.150 e. The predicted octanol–water partition coefficient (Wildman–Crippen LogP) is 6.29. The van der Waals surface area contributed by atoms with Gasteiger partial charge < -0.3 is 4.57 Å². The molecule has 0 aliphatic heterocycles. The van der Waals surface area contributed by atoms with Gasteiger partial charge >= 0.3 is 0 Å². The topological polar surface area (TPSA) is 17.1 Å². The van der Waals surface area contributed by atoms with Crippen LogP contribution in [0.15, 0.2) is 115 Å². The molecule has 0 saturated heterocycles. The summed E-state index contributed by atoms with van der Waals surface area (Å²) >= 11 is 0. The van der Waals surface area contributed by atoms with Crippen LogP contribution in [-0.2, 0) is 11.0 Å². The van der Waals surface area contributed by atoms with Crippen LogP contribution in [0.5, 0.6) is 0 Å². The van der Waals surface area contributed by atoms with E-state index < -0.39 is 7.14 Å². The average molecular weight is 396 g/mol. The summed E-state index contributed by atoms with van der Waals surface area (Å²) in [5, 5.41) is 1.82. The van der Waals surface area contributed by atoms with Crippen LogP contribution >= 0.6 is 7.14 Å². The maximum Gasteiger partial charge on any atom is 0.150 e. The van der Waals surface area contributed by atoms with Gasteiger partial charge in [0.2, 0.25) is 0 Å². The summed E-state index contributed by atoms with van der Waals surface area (Å²) in [5.41, 5.74) is 3.41. The Balaban J connectivity index is 1.96. The number of aryl methyl sites for hydroxylation is 1. The molecule has 0 spiro atoms. The molecule has 4 aromatic carbocycles. The van der Waals surface area contributed by atoms with Crippen molar-refractivity contribution in [2.75, 3.05) is 0 Å². The molecule has 0 N–H and O–H groups in total. The number of hydrogen-bond donors (Lipinski definition) is 0. The second-order valence-corrected chi connectivity index (χ2v) is 10.4. The van der Waals surface area contributed by atoms with Gasteiger partial charge in [-0.2, -0.15) is 0 Å². The summed E-state index contributed by atoms with van der Waals surface area (Å²) in [5.74, 6) is 0. The molecule has 0 fully saturated rings. The van der Waals surface area contributed by atoms with Crippen molar-refractivity contribution in [3.8, 4) is 0 Å². The molecule has 0 aromatic heterocycles. The van der Waals surface area contributed by atoms with E-state index in [1.165, 1.54) is 11.1 Å². The number of rotatable bonds is 6. The van der Waals surface area contributed by atoms with Crippen LogP contribution in [0, 0.1) is 6.92 Å². The lowest BCUT2D eigenvalue weighted by Crippen LogP contribution is -2.23. The maximum absolute atomic E-state index is 15.1. The average Bonchev–Trinajstić information content (AvgIpc) is 2.79. The lowest BCUT2D eigenvalue weighted by Gasteiger charge is -2.30. The van der Waals surface area contributed by atoms with Crippen molar-refractivity contribution >= 4 is 17.8 Å². The Morgan fingerprint density at radius 1 is 0.621 bits per heavy atom. The van der Waals surface area contributed by atoms with Crippen molar-refractivity contribution in [3.05, 3.63) is 132 Å². The third kappa shape index (κ3) is 3.97. The zero-order valence-electron chi connectivity index (χ0n) is 16.6. The fourth-order valence-electron chi connectivity index (χ4n) is 4.04. The molecule has 2 heteroatoms. The van der Waals surface area contributed by atoms with E-state index in [4.69, 9.17) is 0 Å². The lowest BCUT2D eigenvalue weighted by atomic mass is 10.00. The largest absolute Gasteiger partial charge is 0.313 e. The first-order chi connectivity index (χ1) is 14.2. The number of benzene rings is 4. The minimum absolute atomic E-state index is 0.129. The molecule has 1 atom stereocenters. The Hall–Kier alpha value is -2.89. The summed E-state index contributed by atoms with van der Waals surface area (Å²) in [7, 11) is -2.95. The molecular weight excluding hydrogens is 371 g/mol. The Kier molecular flexibility index (Phi) is 5.79. The maximum atomic E-state index is 15.1. The standard InChI is InChI=1S/C27H25OP/c1-22-13-11-12-20-26(22)27(21-23-14-5-2-6-15-23)29(28,24-16-7-3-8-17-24)25-18-9-4-10-19-25/h2-20,27H,21H2,1H3. The highest BCUT2D eigenvalue weighted by atomic mass is 31.2. The van der Waals surface area contributed by atoms with Crippen LogP contribution in [0.3, 0.4) is 0 Å². The quantitative estimate of drug-likeness (QED) is 0.350. The van der Waals surface area contributed by atoms with Crippen molar-refractivity contribution in [1.29, 1.82) is 0 Å². The summed E-state index contributed by atoms with van der Waals surface area (Å²) < 4.78 is 15.1. The molecule has 4 aromatic rings. The summed E-state index contributed by atoms with van der Waals surface area (Å²) in [6, 6.07) is 38.8.